The van der Waals surface area contributed by atoms with Gasteiger partial charge in [0.2, 0.25) is 0 Å². The number of hydrogen-bond acceptors (Lipinski definition) is 0. The first-order valence-electron chi connectivity index (χ1n) is 20.9. The Bertz CT molecular complexity index is 3450. The molecule has 2 nitrogen and oxygen atoms in total. The van der Waals surface area contributed by atoms with E-state index < -0.39 is 0 Å². The lowest BCUT2D eigenvalue weighted by Gasteiger charge is -2.15. The van der Waals surface area contributed by atoms with Gasteiger partial charge in [-0.15, -0.1) is 0 Å². The predicted octanol–water partition coefficient (Wildman–Crippen LogP) is 15.4. The molecular formula is C56H42N2. The van der Waals surface area contributed by atoms with Gasteiger partial charge in [-0.25, -0.2) is 0 Å². The first-order valence-corrected chi connectivity index (χ1v) is 20.9. The molecule has 0 radical (unpaired) electrons. The molecule has 58 heavy (non-hydrogen) atoms. The van der Waals surface area contributed by atoms with E-state index in [-0.39, 0.29) is 0 Å². The molecule has 2 heteroatoms. The highest BCUT2D eigenvalue weighted by Crippen LogP contribution is 2.41. The van der Waals surface area contributed by atoms with E-state index in [2.05, 4.69) is 198 Å². The van der Waals surface area contributed by atoms with E-state index in [4.69, 9.17) is 0 Å². The lowest BCUT2D eigenvalue weighted by molar-refractivity contribution is 0.485. The van der Waals surface area contributed by atoms with Crippen molar-refractivity contribution in [1.82, 2.24) is 9.13 Å². The van der Waals surface area contributed by atoms with Crippen LogP contribution in [-0.2, 0) is 6.42 Å². The molecule has 2 aromatic heterocycles. The molecular weight excluding hydrogens is 701 g/mol. The Morgan fingerprint density at radius 2 is 0.914 bits per heavy atom. The van der Waals surface area contributed by atoms with Gasteiger partial charge in [0, 0.05) is 32.9 Å². The average molecular weight is 743 g/mol. The number of aromatic nitrogens is 2. The van der Waals surface area contributed by atoms with Crippen LogP contribution in [0.4, 0.5) is 0 Å². The summed E-state index contributed by atoms with van der Waals surface area (Å²) in [6.07, 6.45) is 9.61. The summed E-state index contributed by atoms with van der Waals surface area (Å²) in [6.45, 7) is 2.30. The fourth-order valence-electron chi connectivity index (χ4n) is 10.4. The average Bonchev–Trinajstić information content (AvgIpc) is 3.70. The van der Waals surface area contributed by atoms with Crippen molar-refractivity contribution in [1.29, 1.82) is 0 Å². The van der Waals surface area contributed by atoms with E-state index in [1.807, 2.05) is 0 Å². The summed E-state index contributed by atoms with van der Waals surface area (Å²) in [5, 5.41) is 12.8. The molecule has 0 aliphatic heterocycles. The Morgan fingerprint density at radius 3 is 1.50 bits per heavy atom. The second kappa shape index (κ2) is 13.1. The van der Waals surface area contributed by atoms with Gasteiger partial charge in [-0.1, -0.05) is 141 Å². The SMILES string of the molecule is CCCC1CC=Cc2cc(-n3c4ccccc4c4cc(-c5ccc6c(c5)c5ccccc5n6-c5ccc6c7ccccc7c7ccccc7c6c5)ccc43)ccc2C1. The third-order valence-corrected chi connectivity index (χ3v) is 13.0. The summed E-state index contributed by atoms with van der Waals surface area (Å²) in [6, 6.07) is 63.7. The van der Waals surface area contributed by atoms with Crippen LogP contribution in [0.2, 0.25) is 0 Å². The smallest absolute Gasteiger partial charge is 0.0541 e. The topological polar surface area (TPSA) is 9.86 Å². The maximum Gasteiger partial charge on any atom is 0.0541 e. The lowest BCUT2D eigenvalue weighted by atomic mass is 9.92. The molecule has 1 atom stereocenters. The highest BCUT2D eigenvalue weighted by Gasteiger charge is 2.19. The van der Waals surface area contributed by atoms with E-state index in [0.29, 0.717) is 0 Å². The number of benzene rings is 9. The second-order valence-electron chi connectivity index (χ2n) is 16.4. The van der Waals surface area contributed by atoms with Gasteiger partial charge in [0.05, 0.1) is 22.1 Å². The third-order valence-electron chi connectivity index (χ3n) is 13.0. The fraction of sp³-hybridized carbons (Fsp3) is 0.107. The summed E-state index contributed by atoms with van der Waals surface area (Å²) in [7, 11) is 0. The number of hydrogen-bond donors (Lipinski definition) is 0. The van der Waals surface area contributed by atoms with Crippen LogP contribution in [0.25, 0.3) is 105 Å². The Balaban J connectivity index is 1.000. The van der Waals surface area contributed by atoms with Crippen molar-refractivity contribution in [3.63, 3.8) is 0 Å². The summed E-state index contributed by atoms with van der Waals surface area (Å²) in [4.78, 5) is 0. The molecule has 0 saturated carbocycles. The van der Waals surface area contributed by atoms with Crippen molar-refractivity contribution in [3.05, 3.63) is 187 Å². The Labute approximate surface area is 337 Å². The summed E-state index contributed by atoms with van der Waals surface area (Å²) >= 11 is 0. The van der Waals surface area contributed by atoms with Crippen LogP contribution in [0.3, 0.4) is 0 Å². The molecule has 2 heterocycles. The van der Waals surface area contributed by atoms with Crippen LogP contribution < -0.4 is 0 Å². The number of nitrogens with zero attached hydrogens (tertiary/aromatic N) is 2. The first kappa shape index (κ1) is 33.3. The Hall–Kier alpha value is -6.90. The van der Waals surface area contributed by atoms with Crippen LogP contribution in [0.1, 0.15) is 37.3 Å². The minimum absolute atomic E-state index is 0.733. The summed E-state index contributed by atoms with van der Waals surface area (Å²) < 4.78 is 4.91. The second-order valence-corrected chi connectivity index (χ2v) is 16.4. The van der Waals surface area contributed by atoms with E-state index in [1.165, 1.54) is 129 Å². The zero-order valence-corrected chi connectivity index (χ0v) is 32.6. The molecule has 276 valence electrons. The van der Waals surface area contributed by atoms with Crippen LogP contribution in [0.15, 0.2) is 176 Å². The molecule has 0 N–H and O–H groups in total. The molecule has 0 amide bonds. The van der Waals surface area contributed by atoms with E-state index in [9.17, 15) is 0 Å². The Kier molecular flexibility index (Phi) is 7.50. The normalized spacial score (nSPS) is 14.4. The van der Waals surface area contributed by atoms with E-state index in [0.717, 1.165) is 12.3 Å². The van der Waals surface area contributed by atoms with Gasteiger partial charge in [-0.3, -0.25) is 0 Å². The molecule has 0 fully saturated rings. The predicted molar refractivity (Wildman–Crippen MR) is 249 cm³/mol. The number of para-hydroxylation sites is 2. The van der Waals surface area contributed by atoms with Crippen molar-refractivity contribution >= 4 is 82.0 Å². The molecule has 0 saturated heterocycles. The van der Waals surface area contributed by atoms with Crippen molar-refractivity contribution in [2.24, 2.45) is 5.92 Å². The molecule has 0 bridgehead atoms. The lowest BCUT2D eigenvalue weighted by Crippen LogP contribution is -2.03. The van der Waals surface area contributed by atoms with Crippen molar-refractivity contribution in [2.45, 2.75) is 32.6 Å². The maximum atomic E-state index is 2.46. The minimum Gasteiger partial charge on any atom is -0.309 e. The zero-order valence-electron chi connectivity index (χ0n) is 32.6. The minimum atomic E-state index is 0.733. The van der Waals surface area contributed by atoms with Gasteiger partial charge in [-0.05, 0) is 134 Å². The fourth-order valence-corrected chi connectivity index (χ4v) is 10.4. The van der Waals surface area contributed by atoms with Crippen LogP contribution >= 0.6 is 0 Å². The standard InChI is InChI=1S/C56H42N2/c1-2-12-36-13-11-14-37-32-41(26-23-38(37)31-36)57-53-21-9-7-19-48(53)51-33-39(24-29-55(51)57)40-25-30-56-52(34-40)49-20-8-10-22-54(49)58(56)42-27-28-47-45-17-4-3-15-43(45)44-16-5-6-18-46(44)50(47)35-42/h3-11,14-30,32-36H,2,12-13,31H2,1H3. The molecule has 11 aromatic rings. The maximum absolute atomic E-state index is 2.46. The summed E-state index contributed by atoms with van der Waals surface area (Å²) in [5.74, 6) is 0.733. The Morgan fingerprint density at radius 1 is 0.431 bits per heavy atom. The van der Waals surface area contributed by atoms with Gasteiger partial charge < -0.3 is 9.13 Å². The first-order chi connectivity index (χ1) is 28.7. The number of fused-ring (bicyclic) bond motifs is 13. The van der Waals surface area contributed by atoms with Crippen LogP contribution in [0, 0.1) is 5.92 Å². The van der Waals surface area contributed by atoms with Gasteiger partial charge in [0.1, 0.15) is 0 Å². The number of rotatable bonds is 5. The van der Waals surface area contributed by atoms with E-state index in [1.54, 1.807) is 0 Å². The highest BCUT2D eigenvalue weighted by atomic mass is 15.0. The molecule has 9 aromatic carbocycles. The molecule has 1 unspecified atom stereocenters. The van der Waals surface area contributed by atoms with Gasteiger partial charge in [0.25, 0.3) is 0 Å². The zero-order chi connectivity index (χ0) is 38.3. The van der Waals surface area contributed by atoms with Gasteiger partial charge >= 0.3 is 0 Å². The van der Waals surface area contributed by atoms with Crippen molar-refractivity contribution in [3.8, 4) is 22.5 Å². The third kappa shape index (κ3) is 5.04. The largest absolute Gasteiger partial charge is 0.309 e. The monoisotopic (exact) mass is 742 g/mol. The van der Waals surface area contributed by atoms with Gasteiger partial charge in [-0.2, -0.15) is 0 Å². The summed E-state index contributed by atoms with van der Waals surface area (Å²) in [5.41, 5.74) is 12.6. The molecule has 1 aliphatic rings. The van der Waals surface area contributed by atoms with E-state index >= 15 is 0 Å². The molecule has 0 spiro atoms. The highest BCUT2D eigenvalue weighted by molar-refractivity contribution is 6.25. The molecule has 12 rings (SSSR count). The quantitative estimate of drug-likeness (QED) is 0.155. The molecule has 1 aliphatic carbocycles. The van der Waals surface area contributed by atoms with Crippen molar-refractivity contribution < 1.29 is 0 Å². The number of allylic oxidation sites excluding steroid dienone is 1. The van der Waals surface area contributed by atoms with Crippen LogP contribution in [0.5, 0.6) is 0 Å². The van der Waals surface area contributed by atoms with Gasteiger partial charge in [0.15, 0.2) is 0 Å². The van der Waals surface area contributed by atoms with Crippen molar-refractivity contribution in [2.75, 3.05) is 0 Å². The van der Waals surface area contributed by atoms with Crippen LogP contribution in [-0.4, -0.2) is 9.13 Å².